The zero-order valence-corrected chi connectivity index (χ0v) is 13.9. The van der Waals surface area contributed by atoms with Gasteiger partial charge in [-0.2, -0.15) is 4.98 Å². The van der Waals surface area contributed by atoms with Gasteiger partial charge < -0.3 is 4.74 Å². The molecule has 3 rings (SSSR count). The number of hydrogen-bond acceptors (Lipinski definition) is 5. The topological polar surface area (TPSA) is 68.5 Å². The van der Waals surface area contributed by atoms with E-state index in [0.717, 1.165) is 22.0 Å². The summed E-state index contributed by atoms with van der Waals surface area (Å²) in [6, 6.07) is 7.84. The lowest BCUT2D eigenvalue weighted by atomic mass is 10.2. The van der Waals surface area contributed by atoms with Crippen molar-refractivity contribution < 1.29 is 9.53 Å². The van der Waals surface area contributed by atoms with Gasteiger partial charge in [0.25, 0.3) is 0 Å². The minimum absolute atomic E-state index is 0.103. The molecule has 1 N–H and O–H groups in total. The molecule has 0 spiro atoms. The van der Waals surface area contributed by atoms with Crippen molar-refractivity contribution in [3.8, 4) is 5.75 Å². The molecule has 0 unspecified atom stereocenters. The Bertz CT molecular complexity index is 824. The van der Waals surface area contributed by atoms with Crippen LogP contribution in [0.4, 0.5) is 5.95 Å². The van der Waals surface area contributed by atoms with Crippen molar-refractivity contribution >= 4 is 28.2 Å². The fraction of sp³-hybridized carbons (Fsp3) is 0.312. The Morgan fingerprint density at radius 1 is 1.35 bits per heavy atom. The number of rotatable bonds is 6. The van der Waals surface area contributed by atoms with Gasteiger partial charge in [0.2, 0.25) is 16.8 Å². The summed E-state index contributed by atoms with van der Waals surface area (Å²) in [6.45, 7) is 4.45. The van der Waals surface area contributed by atoms with E-state index < -0.39 is 0 Å². The normalized spacial score (nSPS) is 10.9. The Morgan fingerprint density at radius 3 is 2.96 bits per heavy atom. The third-order valence-corrected chi connectivity index (χ3v) is 4.33. The number of fused-ring (bicyclic) bond motifs is 1. The van der Waals surface area contributed by atoms with Gasteiger partial charge in [-0.1, -0.05) is 18.2 Å². The molecule has 0 atom stereocenters. The molecule has 0 aliphatic heterocycles. The van der Waals surface area contributed by atoms with E-state index in [-0.39, 0.29) is 5.91 Å². The Hall–Kier alpha value is -2.41. The summed E-state index contributed by atoms with van der Waals surface area (Å²) in [5.41, 5.74) is 2.10. The van der Waals surface area contributed by atoms with Gasteiger partial charge >= 0.3 is 0 Å². The van der Waals surface area contributed by atoms with Gasteiger partial charge in [-0.05, 0) is 31.9 Å². The number of para-hydroxylation sites is 1. The molecule has 0 fully saturated rings. The first-order chi connectivity index (χ1) is 11.1. The number of nitrogens with one attached hydrogen (secondary N) is 1. The molecule has 0 radical (unpaired) electrons. The number of amides is 1. The van der Waals surface area contributed by atoms with E-state index in [1.165, 1.54) is 11.3 Å². The number of ether oxygens (including phenoxy) is 1. The van der Waals surface area contributed by atoms with E-state index in [1.807, 2.05) is 43.5 Å². The Labute approximate surface area is 138 Å². The van der Waals surface area contributed by atoms with Crippen LogP contribution in [0.1, 0.15) is 24.1 Å². The molecular formula is C16H18N4O2S. The van der Waals surface area contributed by atoms with Gasteiger partial charge in [0.1, 0.15) is 5.75 Å². The molecule has 0 bridgehead atoms. The first-order valence-corrected chi connectivity index (χ1v) is 8.30. The van der Waals surface area contributed by atoms with Crippen molar-refractivity contribution in [3.63, 3.8) is 0 Å². The Balaban J connectivity index is 1.45. The maximum Gasteiger partial charge on any atom is 0.250 e. The molecule has 0 aliphatic rings. The average molecular weight is 330 g/mol. The van der Waals surface area contributed by atoms with Gasteiger partial charge in [-0.25, -0.2) is 4.52 Å². The van der Waals surface area contributed by atoms with E-state index in [0.29, 0.717) is 25.4 Å². The highest BCUT2D eigenvalue weighted by atomic mass is 32.1. The second-order valence-electron chi connectivity index (χ2n) is 5.27. The summed E-state index contributed by atoms with van der Waals surface area (Å²) in [4.78, 5) is 17.0. The molecule has 2 aromatic heterocycles. The number of aryl methyl sites for hydroxylation is 2. The summed E-state index contributed by atoms with van der Waals surface area (Å²) < 4.78 is 7.40. The molecule has 23 heavy (non-hydrogen) atoms. The lowest BCUT2D eigenvalue weighted by molar-refractivity contribution is -0.116. The van der Waals surface area contributed by atoms with Crippen LogP contribution in [-0.4, -0.2) is 27.1 Å². The van der Waals surface area contributed by atoms with Crippen molar-refractivity contribution in [2.45, 2.75) is 26.7 Å². The van der Waals surface area contributed by atoms with Crippen molar-refractivity contribution in [1.29, 1.82) is 0 Å². The number of carbonyl (C=O) groups is 1. The zero-order valence-electron chi connectivity index (χ0n) is 13.1. The predicted octanol–water partition coefficient (Wildman–Crippen LogP) is 3.21. The van der Waals surface area contributed by atoms with E-state index in [1.54, 1.807) is 4.52 Å². The molecule has 1 amide bonds. The first kappa shape index (κ1) is 15.5. The van der Waals surface area contributed by atoms with Crippen molar-refractivity contribution in [2.75, 3.05) is 11.9 Å². The minimum atomic E-state index is -0.103. The largest absolute Gasteiger partial charge is 0.493 e. The second kappa shape index (κ2) is 6.78. The minimum Gasteiger partial charge on any atom is -0.493 e. The summed E-state index contributed by atoms with van der Waals surface area (Å²) >= 11 is 1.50. The fourth-order valence-electron chi connectivity index (χ4n) is 2.17. The number of benzene rings is 1. The highest BCUT2D eigenvalue weighted by molar-refractivity contribution is 7.15. The Kier molecular flexibility index (Phi) is 4.57. The van der Waals surface area contributed by atoms with Crippen molar-refractivity contribution in [2.24, 2.45) is 0 Å². The van der Waals surface area contributed by atoms with Crippen molar-refractivity contribution in [1.82, 2.24) is 14.6 Å². The Morgan fingerprint density at radius 2 is 2.17 bits per heavy atom. The van der Waals surface area contributed by atoms with Crippen LogP contribution in [0.3, 0.4) is 0 Å². The number of aromatic nitrogens is 3. The lowest BCUT2D eigenvalue weighted by Crippen LogP contribution is -2.14. The van der Waals surface area contributed by atoms with Crippen LogP contribution in [0.25, 0.3) is 4.96 Å². The third-order valence-electron chi connectivity index (χ3n) is 3.40. The number of hydrogen-bond donors (Lipinski definition) is 1. The van der Waals surface area contributed by atoms with E-state index >= 15 is 0 Å². The van der Waals surface area contributed by atoms with Gasteiger partial charge in [0.15, 0.2) is 0 Å². The maximum absolute atomic E-state index is 11.9. The summed E-state index contributed by atoms with van der Waals surface area (Å²) in [6.07, 6.45) is 1.01. The monoisotopic (exact) mass is 330 g/mol. The molecule has 0 aliphatic carbocycles. The van der Waals surface area contributed by atoms with Gasteiger partial charge in [0, 0.05) is 11.8 Å². The maximum atomic E-state index is 11.9. The van der Waals surface area contributed by atoms with Crippen molar-refractivity contribution in [3.05, 3.63) is 40.9 Å². The molecule has 2 heterocycles. The van der Waals surface area contributed by atoms with E-state index in [4.69, 9.17) is 4.74 Å². The SMILES string of the molecule is Cc1ccccc1OCCCC(=O)Nc1nc2scc(C)n2n1. The number of nitrogens with zero attached hydrogens (tertiary/aromatic N) is 3. The summed E-state index contributed by atoms with van der Waals surface area (Å²) in [5, 5.41) is 8.95. The fourth-order valence-corrected chi connectivity index (χ4v) is 2.96. The third kappa shape index (κ3) is 3.68. The van der Waals surface area contributed by atoms with E-state index in [2.05, 4.69) is 15.4 Å². The first-order valence-electron chi connectivity index (χ1n) is 7.42. The second-order valence-corrected chi connectivity index (χ2v) is 6.11. The zero-order chi connectivity index (χ0) is 16.2. The molecule has 6 nitrogen and oxygen atoms in total. The smallest absolute Gasteiger partial charge is 0.250 e. The molecule has 0 saturated heterocycles. The van der Waals surface area contributed by atoms with E-state index in [9.17, 15) is 4.79 Å². The predicted molar refractivity (Wildman–Crippen MR) is 90.1 cm³/mol. The number of carbonyl (C=O) groups excluding carboxylic acids is 1. The van der Waals surface area contributed by atoms with Crippen LogP contribution in [0.2, 0.25) is 0 Å². The molecule has 1 aromatic carbocycles. The molecule has 7 heteroatoms. The van der Waals surface area contributed by atoms with Crippen LogP contribution in [0.5, 0.6) is 5.75 Å². The highest BCUT2D eigenvalue weighted by Crippen LogP contribution is 2.17. The molecular weight excluding hydrogens is 312 g/mol. The molecule has 120 valence electrons. The van der Waals surface area contributed by atoms with Gasteiger partial charge in [-0.3, -0.25) is 10.1 Å². The molecule has 0 saturated carbocycles. The van der Waals surface area contributed by atoms with Gasteiger partial charge in [0.05, 0.1) is 12.3 Å². The van der Waals surface area contributed by atoms with Crippen LogP contribution >= 0.6 is 11.3 Å². The quantitative estimate of drug-likeness (QED) is 0.705. The highest BCUT2D eigenvalue weighted by Gasteiger charge is 2.10. The standard InChI is InChI=1S/C16H18N4O2S/c1-11-6-3-4-7-13(11)22-9-5-8-14(21)17-15-18-16-20(19-15)12(2)10-23-16/h3-4,6-7,10H,5,8-9H2,1-2H3,(H,17,19,21). The van der Waals surface area contributed by atoms with Crippen LogP contribution in [0, 0.1) is 13.8 Å². The average Bonchev–Trinajstić information content (AvgIpc) is 3.07. The van der Waals surface area contributed by atoms with Crippen LogP contribution in [0.15, 0.2) is 29.6 Å². The lowest BCUT2D eigenvalue weighted by Gasteiger charge is -2.08. The molecule has 3 aromatic rings. The number of anilines is 1. The summed E-state index contributed by atoms with van der Waals surface area (Å²) in [7, 11) is 0. The van der Waals surface area contributed by atoms with Gasteiger partial charge in [-0.15, -0.1) is 16.4 Å². The van der Waals surface area contributed by atoms with Crippen LogP contribution in [-0.2, 0) is 4.79 Å². The summed E-state index contributed by atoms with van der Waals surface area (Å²) in [5.74, 6) is 1.11. The number of thiazole rings is 1. The van der Waals surface area contributed by atoms with Crippen LogP contribution < -0.4 is 10.1 Å².